The van der Waals surface area contributed by atoms with Crippen molar-refractivity contribution < 1.29 is 14.3 Å². The lowest BCUT2D eigenvalue weighted by Crippen LogP contribution is -2.18. The zero-order valence-electron chi connectivity index (χ0n) is 7.42. The van der Waals surface area contributed by atoms with E-state index in [2.05, 4.69) is 11.7 Å². The summed E-state index contributed by atoms with van der Waals surface area (Å²) in [6.45, 7) is 2.06. The van der Waals surface area contributed by atoms with Crippen LogP contribution in [-0.2, 0) is 14.3 Å². The zero-order valence-corrected chi connectivity index (χ0v) is 7.42. The Morgan fingerprint density at radius 1 is 1.38 bits per heavy atom. The smallest absolute Gasteiger partial charge is 0.343 e. The summed E-state index contributed by atoms with van der Waals surface area (Å²) in [4.78, 5) is 22.7. The van der Waals surface area contributed by atoms with Crippen LogP contribution in [0.15, 0.2) is 11.1 Å². The van der Waals surface area contributed by atoms with Gasteiger partial charge in [-0.15, -0.1) is 0 Å². The first kappa shape index (κ1) is 7.30. The van der Waals surface area contributed by atoms with Gasteiger partial charge in [-0.25, -0.2) is 9.59 Å². The number of rotatable bonds is 0. The van der Waals surface area contributed by atoms with Crippen LogP contribution in [0.3, 0.4) is 0 Å². The average Bonchev–Trinajstić information content (AvgIpc) is 2.62. The van der Waals surface area contributed by atoms with Crippen LogP contribution in [-0.4, -0.2) is 11.9 Å². The molecule has 0 radical (unpaired) electrons. The van der Waals surface area contributed by atoms with E-state index in [1.165, 1.54) is 0 Å². The maximum absolute atomic E-state index is 11.4. The fourth-order valence-corrected chi connectivity index (χ4v) is 3.06. The molecule has 0 N–H and O–H groups in total. The molecule has 1 heterocycles. The Labute approximate surface area is 75.8 Å². The van der Waals surface area contributed by atoms with Crippen molar-refractivity contribution in [3.8, 4) is 0 Å². The molecule has 0 aromatic heterocycles. The monoisotopic (exact) mass is 178 g/mol. The summed E-state index contributed by atoms with van der Waals surface area (Å²) in [6.07, 6.45) is 3.04. The molecule has 2 atom stereocenters. The molecule has 3 rings (SSSR count). The van der Waals surface area contributed by atoms with E-state index in [1.807, 2.05) is 0 Å². The van der Waals surface area contributed by atoms with Crippen molar-refractivity contribution in [1.82, 2.24) is 0 Å². The van der Waals surface area contributed by atoms with Gasteiger partial charge in [0.15, 0.2) is 0 Å². The first-order valence-corrected chi connectivity index (χ1v) is 4.63. The molecule has 1 fully saturated rings. The number of cyclic esters (lactones) is 2. The number of ether oxygens (including phenoxy) is 1. The van der Waals surface area contributed by atoms with Crippen LogP contribution < -0.4 is 0 Å². The maximum atomic E-state index is 11.4. The first-order valence-electron chi connectivity index (χ1n) is 4.63. The molecule has 2 aliphatic carbocycles. The minimum atomic E-state index is -0.385. The number of hydrogen-bond donors (Lipinski definition) is 0. The van der Waals surface area contributed by atoms with E-state index < -0.39 is 0 Å². The van der Waals surface area contributed by atoms with Gasteiger partial charge in [-0.2, -0.15) is 0 Å². The summed E-state index contributed by atoms with van der Waals surface area (Å²) in [7, 11) is 0. The average molecular weight is 178 g/mol. The molecule has 0 aromatic rings. The quantitative estimate of drug-likeness (QED) is 0.413. The van der Waals surface area contributed by atoms with Crippen LogP contribution in [0, 0.1) is 11.3 Å². The first-order chi connectivity index (χ1) is 6.12. The lowest BCUT2D eigenvalue weighted by molar-refractivity contribution is -0.152. The molecule has 3 heteroatoms. The van der Waals surface area contributed by atoms with Gasteiger partial charge in [0.05, 0.1) is 11.1 Å². The van der Waals surface area contributed by atoms with E-state index in [-0.39, 0.29) is 17.4 Å². The number of esters is 2. The highest BCUT2D eigenvalue weighted by Crippen LogP contribution is 2.59. The van der Waals surface area contributed by atoms with Gasteiger partial charge in [-0.1, -0.05) is 6.92 Å². The van der Waals surface area contributed by atoms with Gasteiger partial charge >= 0.3 is 11.9 Å². The molecule has 0 aromatic carbocycles. The number of hydrogen-bond acceptors (Lipinski definition) is 3. The molecule has 1 saturated carbocycles. The molecule has 3 aliphatic rings. The molecule has 0 amide bonds. The van der Waals surface area contributed by atoms with Crippen molar-refractivity contribution >= 4 is 11.9 Å². The molecule has 13 heavy (non-hydrogen) atoms. The second kappa shape index (κ2) is 1.86. The molecule has 1 aliphatic heterocycles. The molecular formula is C10H10O3. The van der Waals surface area contributed by atoms with E-state index in [9.17, 15) is 9.59 Å². The maximum Gasteiger partial charge on any atom is 0.343 e. The Bertz CT molecular complexity index is 366. The molecule has 3 nitrogen and oxygen atoms in total. The molecule has 0 saturated heterocycles. The van der Waals surface area contributed by atoms with E-state index in [0.717, 1.165) is 19.3 Å². The summed E-state index contributed by atoms with van der Waals surface area (Å²) >= 11 is 0. The highest BCUT2D eigenvalue weighted by atomic mass is 16.6. The highest BCUT2D eigenvalue weighted by molar-refractivity contribution is 6.14. The molecule has 1 unspecified atom stereocenters. The largest absolute Gasteiger partial charge is 0.386 e. The van der Waals surface area contributed by atoms with Crippen molar-refractivity contribution in [3.05, 3.63) is 11.1 Å². The van der Waals surface area contributed by atoms with Gasteiger partial charge < -0.3 is 4.74 Å². The molecule has 68 valence electrons. The Morgan fingerprint density at radius 2 is 2.15 bits per heavy atom. The zero-order chi connectivity index (χ0) is 9.22. The van der Waals surface area contributed by atoms with Gasteiger partial charge in [0.25, 0.3) is 0 Å². The van der Waals surface area contributed by atoms with Crippen LogP contribution in [0.25, 0.3) is 0 Å². The Morgan fingerprint density at radius 3 is 2.85 bits per heavy atom. The third-order valence-corrected chi connectivity index (χ3v) is 3.63. The summed E-state index contributed by atoms with van der Waals surface area (Å²) in [5.41, 5.74) is 1.33. The van der Waals surface area contributed by atoms with Crippen LogP contribution in [0.1, 0.15) is 26.2 Å². The lowest BCUT2D eigenvalue weighted by atomic mass is 9.81. The minimum absolute atomic E-state index is 0.0523. The van der Waals surface area contributed by atoms with Gasteiger partial charge in [0.2, 0.25) is 0 Å². The van der Waals surface area contributed by atoms with Gasteiger partial charge in [0, 0.05) is 5.41 Å². The molecular weight excluding hydrogens is 168 g/mol. The van der Waals surface area contributed by atoms with E-state index in [0.29, 0.717) is 17.1 Å². The third kappa shape index (κ3) is 0.666. The van der Waals surface area contributed by atoms with Crippen molar-refractivity contribution in [1.29, 1.82) is 0 Å². The predicted octanol–water partition coefficient (Wildman–Crippen LogP) is 1.19. The number of carbonyl (C=O) groups excluding carboxylic acids is 2. The summed E-state index contributed by atoms with van der Waals surface area (Å²) < 4.78 is 4.62. The Balaban J connectivity index is 2.22. The fourth-order valence-electron chi connectivity index (χ4n) is 3.06. The van der Waals surface area contributed by atoms with E-state index in [4.69, 9.17) is 0 Å². The predicted molar refractivity (Wildman–Crippen MR) is 43.6 cm³/mol. The van der Waals surface area contributed by atoms with Crippen molar-refractivity contribution in [2.45, 2.75) is 26.2 Å². The minimum Gasteiger partial charge on any atom is -0.386 e. The normalized spacial score (nSPS) is 41.5. The van der Waals surface area contributed by atoms with Crippen molar-refractivity contribution in [2.24, 2.45) is 11.3 Å². The SMILES string of the molecule is C[C@]12CCC(C1)C1=C2C(=O)OC1=O. The lowest BCUT2D eigenvalue weighted by Gasteiger charge is -2.20. The van der Waals surface area contributed by atoms with E-state index >= 15 is 0 Å². The van der Waals surface area contributed by atoms with Crippen LogP contribution in [0.5, 0.6) is 0 Å². The second-order valence-corrected chi connectivity index (χ2v) is 4.47. The van der Waals surface area contributed by atoms with Crippen molar-refractivity contribution in [3.63, 3.8) is 0 Å². The summed E-state index contributed by atoms with van der Waals surface area (Å²) in [6, 6.07) is 0. The Kier molecular flexibility index (Phi) is 1.05. The fraction of sp³-hybridized carbons (Fsp3) is 0.600. The van der Waals surface area contributed by atoms with Gasteiger partial charge in [-0.3, -0.25) is 0 Å². The highest BCUT2D eigenvalue weighted by Gasteiger charge is 2.56. The number of carbonyl (C=O) groups is 2. The standard InChI is InChI=1S/C10H10O3/c1-10-3-2-5(4-10)6-7(10)9(12)13-8(6)11/h5H,2-4H2,1H3/t5?,10-/m0/s1. The van der Waals surface area contributed by atoms with Gasteiger partial charge in [0.1, 0.15) is 0 Å². The number of fused-ring (bicyclic) bond motifs is 4. The van der Waals surface area contributed by atoms with Gasteiger partial charge in [-0.05, 0) is 25.2 Å². The summed E-state index contributed by atoms with van der Waals surface area (Å²) in [5.74, 6) is -0.461. The molecule has 0 spiro atoms. The van der Waals surface area contributed by atoms with Crippen LogP contribution in [0.4, 0.5) is 0 Å². The van der Waals surface area contributed by atoms with Crippen LogP contribution >= 0.6 is 0 Å². The van der Waals surface area contributed by atoms with E-state index in [1.54, 1.807) is 0 Å². The third-order valence-electron chi connectivity index (χ3n) is 3.63. The van der Waals surface area contributed by atoms with Crippen LogP contribution in [0.2, 0.25) is 0 Å². The molecule has 2 bridgehead atoms. The summed E-state index contributed by atoms with van der Waals surface area (Å²) in [5, 5.41) is 0. The Hall–Kier alpha value is -1.12. The topological polar surface area (TPSA) is 43.4 Å². The second-order valence-electron chi connectivity index (χ2n) is 4.47. The van der Waals surface area contributed by atoms with Crippen molar-refractivity contribution in [2.75, 3.05) is 0 Å².